The number of fused-ring (bicyclic) bond motifs is 3. The molecule has 0 aliphatic rings. The maximum atomic E-state index is 5.93. The number of aromatic nitrogens is 4. The quantitative estimate of drug-likeness (QED) is 0.240. The molecule has 9 heteroatoms. The fourth-order valence-corrected chi connectivity index (χ4v) is 3.65. The van der Waals surface area contributed by atoms with Crippen LogP contribution in [0.15, 0.2) is 65.8 Å². The molecule has 0 radical (unpaired) electrons. The fourth-order valence-electron chi connectivity index (χ4n) is 3.52. The molecule has 5 rings (SSSR count). The van der Waals surface area contributed by atoms with E-state index in [4.69, 9.17) is 21.1 Å². The highest BCUT2D eigenvalue weighted by Gasteiger charge is 2.09. The lowest BCUT2D eigenvalue weighted by Gasteiger charge is -2.11. The predicted octanol–water partition coefficient (Wildman–Crippen LogP) is 5.50. The summed E-state index contributed by atoms with van der Waals surface area (Å²) in [5, 5.41) is 14.4. The summed E-state index contributed by atoms with van der Waals surface area (Å²) in [7, 11) is 1.60. The van der Waals surface area contributed by atoms with Crippen molar-refractivity contribution in [3.63, 3.8) is 0 Å². The number of anilines is 1. The van der Waals surface area contributed by atoms with Gasteiger partial charge in [0.25, 0.3) is 5.95 Å². The lowest BCUT2D eigenvalue weighted by Crippen LogP contribution is -2.00. The molecule has 0 unspecified atom stereocenters. The SMILES string of the molecule is COc1cc(/C=N/Nc2nnc3c(n2)[nH]c2ccc(C)cc23)ccc1OCc1ccc(Cl)cc1. The Morgan fingerprint density at radius 2 is 1.88 bits per heavy atom. The van der Waals surface area contributed by atoms with Crippen molar-refractivity contribution in [1.82, 2.24) is 20.2 Å². The third kappa shape index (κ3) is 4.62. The van der Waals surface area contributed by atoms with E-state index in [0.29, 0.717) is 34.7 Å². The molecule has 5 aromatic rings. The molecule has 3 aromatic carbocycles. The van der Waals surface area contributed by atoms with Crippen LogP contribution in [0.4, 0.5) is 5.95 Å². The van der Waals surface area contributed by atoms with Gasteiger partial charge in [-0.15, -0.1) is 10.2 Å². The number of hydrazone groups is 1. The molecule has 0 fully saturated rings. The summed E-state index contributed by atoms with van der Waals surface area (Å²) in [5.74, 6) is 1.53. The van der Waals surface area contributed by atoms with Crippen LogP contribution in [0, 0.1) is 6.92 Å². The average Bonchev–Trinajstić information content (AvgIpc) is 3.21. The Bertz CT molecular complexity index is 1500. The highest BCUT2D eigenvalue weighted by molar-refractivity contribution is 6.30. The van der Waals surface area contributed by atoms with Crippen LogP contribution in [0.2, 0.25) is 5.02 Å². The zero-order chi connectivity index (χ0) is 23.5. The summed E-state index contributed by atoms with van der Waals surface area (Å²) in [6.07, 6.45) is 1.65. The maximum absolute atomic E-state index is 5.93. The Morgan fingerprint density at radius 3 is 2.71 bits per heavy atom. The van der Waals surface area contributed by atoms with E-state index in [2.05, 4.69) is 36.8 Å². The summed E-state index contributed by atoms with van der Waals surface area (Å²) in [6, 6.07) is 19.2. The Labute approximate surface area is 200 Å². The van der Waals surface area contributed by atoms with E-state index in [9.17, 15) is 0 Å². The number of methoxy groups -OCH3 is 1. The van der Waals surface area contributed by atoms with Crippen LogP contribution in [-0.4, -0.2) is 33.5 Å². The van der Waals surface area contributed by atoms with E-state index in [0.717, 1.165) is 33.1 Å². The second-order valence-electron chi connectivity index (χ2n) is 7.70. The monoisotopic (exact) mass is 472 g/mol. The minimum Gasteiger partial charge on any atom is -0.493 e. The number of nitrogens with zero attached hydrogens (tertiary/aromatic N) is 4. The smallest absolute Gasteiger partial charge is 0.265 e. The molecular formula is C25H21ClN6O2. The van der Waals surface area contributed by atoms with E-state index in [1.807, 2.05) is 61.5 Å². The van der Waals surface area contributed by atoms with Gasteiger partial charge < -0.3 is 14.5 Å². The molecule has 2 heterocycles. The standard InChI is InChI=1S/C25H21ClN6O2/c1-15-3-9-20-19(11-15)23-24(28-20)29-25(32-30-23)31-27-13-17-6-10-21(22(12-17)33-2)34-14-16-4-7-18(26)8-5-16/h3-13H,14H2,1-2H3,(H2,28,29,31,32)/b27-13+. The molecule has 0 bridgehead atoms. The van der Waals surface area contributed by atoms with Crippen molar-refractivity contribution in [3.05, 3.63) is 82.4 Å². The fraction of sp³-hybridized carbons (Fsp3) is 0.120. The normalized spacial score (nSPS) is 11.4. The second-order valence-corrected chi connectivity index (χ2v) is 8.14. The van der Waals surface area contributed by atoms with Crippen LogP contribution in [0.25, 0.3) is 22.1 Å². The van der Waals surface area contributed by atoms with Crippen LogP contribution < -0.4 is 14.9 Å². The number of hydrogen-bond acceptors (Lipinski definition) is 7. The van der Waals surface area contributed by atoms with Gasteiger partial charge >= 0.3 is 0 Å². The van der Waals surface area contributed by atoms with Gasteiger partial charge in [-0.3, -0.25) is 0 Å². The van der Waals surface area contributed by atoms with Crippen LogP contribution in [0.3, 0.4) is 0 Å². The summed E-state index contributed by atoms with van der Waals surface area (Å²) in [5.41, 5.74) is 8.15. The van der Waals surface area contributed by atoms with Gasteiger partial charge in [0.05, 0.1) is 13.3 Å². The highest BCUT2D eigenvalue weighted by atomic mass is 35.5. The number of ether oxygens (including phenoxy) is 2. The molecule has 0 spiro atoms. The maximum Gasteiger partial charge on any atom is 0.265 e. The first-order valence-corrected chi connectivity index (χ1v) is 10.9. The van der Waals surface area contributed by atoms with Gasteiger partial charge in [0.15, 0.2) is 17.1 Å². The molecule has 0 saturated heterocycles. The lowest BCUT2D eigenvalue weighted by atomic mass is 10.2. The largest absolute Gasteiger partial charge is 0.493 e. The van der Waals surface area contributed by atoms with Crippen molar-refractivity contribution in [1.29, 1.82) is 0 Å². The lowest BCUT2D eigenvalue weighted by molar-refractivity contribution is 0.284. The molecule has 2 aromatic heterocycles. The van der Waals surface area contributed by atoms with E-state index in [1.165, 1.54) is 0 Å². The van der Waals surface area contributed by atoms with Crippen LogP contribution >= 0.6 is 11.6 Å². The zero-order valence-electron chi connectivity index (χ0n) is 18.5. The topological polar surface area (TPSA) is 97.3 Å². The number of hydrogen-bond donors (Lipinski definition) is 2. The molecule has 2 N–H and O–H groups in total. The number of aromatic amines is 1. The molecule has 8 nitrogen and oxygen atoms in total. The molecule has 34 heavy (non-hydrogen) atoms. The first-order valence-electron chi connectivity index (χ1n) is 10.6. The van der Waals surface area contributed by atoms with Crippen molar-refractivity contribution < 1.29 is 9.47 Å². The predicted molar refractivity (Wildman–Crippen MR) is 134 cm³/mol. The Morgan fingerprint density at radius 1 is 1.03 bits per heavy atom. The van der Waals surface area contributed by atoms with Crippen molar-refractivity contribution in [2.24, 2.45) is 5.10 Å². The molecule has 0 saturated carbocycles. The summed E-state index contributed by atoms with van der Waals surface area (Å²) >= 11 is 5.93. The van der Waals surface area contributed by atoms with Gasteiger partial charge in [-0.25, -0.2) is 5.43 Å². The van der Waals surface area contributed by atoms with Crippen LogP contribution in [0.1, 0.15) is 16.7 Å². The van der Waals surface area contributed by atoms with Crippen molar-refractivity contribution in [3.8, 4) is 11.5 Å². The summed E-state index contributed by atoms with van der Waals surface area (Å²) < 4.78 is 11.4. The van der Waals surface area contributed by atoms with E-state index in [-0.39, 0.29) is 0 Å². The first kappa shape index (κ1) is 21.7. The molecule has 170 valence electrons. The summed E-state index contributed by atoms with van der Waals surface area (Å²) in [4.78, 5) is 7.73. The van der Waals surface area contributed by atoms with E-state index >= 15 is 0 Å². The molecule has 0 aliphatic carbocycles. The minimum atomic E-state index is 0.293. The molecule has 0 amide bonds. The van der Waals surface area contributed by atoms with Gasteiger partial charge in [0.2, 0.25) is 0 Å². The number of aryl methyl sites for hydroxylation is 1. The first-order chi connectivity index (χ1) is 16.6. The molecular weight excluding hydrogens is 452 g/mol. The number of nitrogens with one attached hydrogen (secondary N) is 2. The third-order valence-corrected chi connectivity index (χ3v) is 5.50. The van der Waals surface area contributed by atoms with Crippen molar-refractivity contribution >= 4 is 45.8 Å². The Kier molecular flexibility index (Phi) is 5.97. The zero-order valence-corrected chi connectivity index (χ0v) is 19.3. The Hall–Kier alpha value is -4.17. The van der Waals surface area contributed by atoms with Gasteiger partial charge in [-0.1, -0.05) is 35.4 Å². The average molecular weight is 473 g/mol. The highest BCUT2D eigenvalue weighted by Crippen LogP contribution is 2.28. The van der Waals surface area contributed by atoms with Crippen LogP contribution in [0.5, 0.6) is 11.5 Å². The number of benzene rings is 3. The molecule has 0 atom stereocenters. The number of halogens is 1. The van der Waals surface area contributed by atoms with Crippen LogP contribution in [-0.2, 0) is 6.61 Å². The molecule has 0 aliphatic heterocycles. The van der Waals surface area contributed by atoms with Gasteiger partial charge in [-0.2, -0.15) is 10.1 Å². The van der Waals surface area contributed by atoms with E-state index < -0.39 is 0 Å². The third-order valence-electron chi connectivity index (χ3n) is 5.24. The Balaban J connectivity index is 1.27. The van der Waals surface area contributed by atoms with Gasteiger partial charge in [-0.05, 0) is 60.5 Å². The van der Waals surface area contributed by atoms with Gasteiger partial charge in [0, 0.05) is 15.9 Å². The number of H-pyrrole nitrogens is 1. The summed E-state index contributed by atoms with van der Waals surface area (Å²) in [6.45, 7) is 2.44. The number of rotatable bonds is 7. The minimum absolute atomic E-state index is 0.293. The van der Waals surface area contributed by atoms with Crippen molar-refractivity contribution in [2.45, 2.75) is 13.5 Å². The van der Waals surface area contributed by atoms with Gasteiger partial charge in [0.1, 0.15) is 12.1 Å². The van der Waals surface area contributed by atoms with Crippen molar-refractivity contribution in [2.75, 3.05) is 12.5 Å². The van der Waals surface area contributed by atoms with E-state index in [1.54, 1.807) is 13.3 Å². The second kappa shape index (κ2) is 9.36.